The summed E-state index contributed by atoms with van der Waals surface area (Å²) >= 11 is 1.41. The molecule has 2 aliphatic rings. The van der Waals surface area contributed by atoms with Crippen LogP contribution in [0.2, 0.25) is 0 Å². The van der Waals surface area contributed by atoms with Gasteiger partial charge in [-0.3, -0.25) is 14.4 Å². The Kier molecular flexibility index (Phi) is 6.31. The second-order valence-corrected chi connectivity index (χ2v) is 9.10. The topological polar surface area (TPSA) is 106 Å². The van der Waals surface area contributed by atoms with Gasteiger partial charge in [0.05, 0.1) is 23.3 Å². The molecule has 1 atom stereocenters. The van der Waals surface area contributed by atoms with Gasteiger partial charge in [-0.2, -0.15) is 5.10 Å². The Hall–Kier alpha value is -3.66. The van der Waals surface area contributed by atoms with Crippen molar-refractivity contribution in [1.82, 2.24) is 9.91 Å². The van der Waals surface area contributed by atoms with Crippen LogP contribution in [0.1, 0.15) is 46.5 Å². The van der Waals surface area contributed by atoms with E-state index in [4.69, 9.17) is 13.6 Å². The highest BCUT2D eigenvalue weighted by atomic mass is 32.1. The number of piperidine rings is 1. The predicted octanol–water partition coefficient (Wildman–Crippen LogP) is 3.71. The number of hydrogen-bond donors (Lipinski definition) is 0. The van der Waals surface area contributed by atoms with Crippen LogP contribution in [0.15, 0.2) is 68.2 Å². The van der Waals surface area contributed by atoms with Crippen molar-refractivity contribution in [2.75, 3.05) is 19.7 Å². The number of nitrogens with zero attached hydrogens (tertiary/aromatic N) is 3. The fourth-order valence-electron chi connectivity index (χ4n) is 4.23. The highest BCUT2D eigenvalue weighted by Crippen LogP contribution is 2.33. The Morgan fingerprint density at radius 3 is 2.53 bits per heavy atom. The summed E-state index contributed by atoms with van der Waals surface area (Å²) < 4.78 is 16.3. The second kappa shape index (κ2) is 9.68. The van der Waals surface area contributed by atoms with E-state index in [1.54, 1.807) is 47.8 Å². The summed E-state index contributed by atoms with van der Waals surface area (Å²) in [5.74, 6) is -0.0651. The first-order chi connectivity index (χ1) is 16.6. The Morgan fingerprint density at radius 1 is 1.06 bits per heavy atom. The number of amides is 2. The summed E-state index contributed by atoms with van der Waals surface area (Å²) in [4.78, 5) is 40.5. The van der Waals surface area contributed by atoms with E-state index < -0.39 is 24.5 Å². The Balaban J connectivity index is 1.17. The van der Waals surface area contributed by atoms with Crippen LogP contribution >= 0.6 is 11.3 Å². The molecule has 0 saturated carbocycles. The lowest BCUT2D eigenvalue weighted by atomic mass is 9.97. The molecule has 0 aliphatic carbocycles. The van der Waals surface area contributed by atoms with Crippen LogP contribution in [0.4, 0.5) is 0 Å². The molecule has 5 rings (SSSR count). The van der Waals surface area contributed by atoms with Crippen LogP contribution in [0.25, 0.3) is 0 Å². The van der Waals surface area contributed by atoms with Crippen LogP contribution in [-0.4, -0.2) is 53.1 Å². The summed E-state index contributed by atoms with van der Waals surface area (Å²) in [5.41, 5.74) is 0.619. The molecule has 5 heterocycles. The number of carbonyl (C=O) groups is 3. The molecule has 1 saturated heterocycles. The Bertz CT molecular complexity index is 1160. The number of carbonyl (C=O) groups excluding carboxylic acids is 3. The van der Waals surface area contributed by atoms with Crippen LogP contribution in [0, 0.1) is 5.92 Å². The first-order valence-corrected chi connectivity index (χ1v) is 11.9. The molecule has 1 fully saturated rings. The molecule has 1 unspecified atom stereocenters. The van der Waals surface area contributed by atoms with E-state index in [1.807, 2.05) is 11.4 Å². The molecule has 176 valence electrons. The molecule has 3 aromatic heterocycles. The fourth-order valence-corrected chi connectivity index (χ4v) is 4.92. The van der Waals surface area contributed by atoms with Gasteiger partial charge in [0, 0.05) is 19.5 Å². The maximum absolute atomic E-state index is 12.9. The van der Waals surface area contributed by atoms with Gasteiger partial charge in [0.1, 0.15) is 23.3 Å². The first kappa shape index (κ1) is 22.1. The zero-order valence-corrected chi connectivity index (χ0v) is 19.1. The van der Waals surface area contributed by atoms with Crippen molar-refractivity contribution >= 4 is 34.8 Å². The van der Waals surface area contributed by atoms with E-state index in [1.165, 1.54) is 16.3 Å². The molecule has 0 N–H and O–H groups in total. The largest absolute Gasteiger partial charge is 0.467 e. The summed E-state index contributed by atoms with van der Waals surface area (Å²) in [6.07, 6.45) is 4.52. The number of hydrazone groups is 1. The van der Waals surface area contributed by atoms with Crippen molar-refractivity contribution in [1.29, 1.82) is 0 Å². The van der Waals surface area contributed by atoms with Crippen molar-refractivity contribution in [2.24, 2.45) is 11.0 Å². The Labute approximate surface area is 199 Å². The standard InChI is InChI=1S/C24H23N3O6S/c28-22(27-18(20-5-2-12-32-20)14-17(25-27)19-4-1-11-31-19)15-33-24(30)16-7-9-26(10-8-16)23(29)21-6-3-13-34-21/h1-6,11-13,16,18H,7-10,14-15H2. The molecule has 0 aromatic carbocycles. The minimum Gasteiger partial charge on any atom is -0.467 e. The summed E-state index contributed by atoms with van der Waals surface area (Å²) in [6, 6.07) is 10.3. The van der Waals surface area contributed by atoms with E-state index >= 15 is 0 Å². The van der Waals surface area contributed by atoms with Gasteiger partial charge in [0.25, 0.3) is 11.8 Å². The molecule has 9 nitrogen and oxygen atoms in total. The number of hydrogen-bond acceptors (Lipinski definition) is 8. The van der Waals surface area contributed by atoms with Crippen molar-refractivity contribution in [3.63, 3.8) is 0 Å². The number of rotatable bonds is 6. The van der Waals surface area contributed by atoms with Gasteiger partial charge in [-0.05, 0) is 48.6 Å². The second-order valence-electron chi connectivity index (χ2n) is 8.15. The molecule has 0 radical (unpaired) electrons. The summed E-state index contributed by atoms with van der Waals surface area (Å²) in [6.45, 7) is 0.543. The molecule has 34 heavy (non-hydrogen) atoms. The zero-order valence-electron chi connectivity index (χ0n) is 18.3. The van der Waals surface area contributed by atoms with Crippen molar-refractivity contribution in [3.05, 3.63) is 70.7 Å². The lowest BCUT2D eigenvalue weighted by Gasteiger charge is -2.30. The lowest BCUT2D eigenvalue weighted by Crippen LogP contribution is -2.41. The van der Waals surface area contributed by atoms with E-state index in [0.717, 1.165) is 0 Å². The minimum absolute atomic E-state index is 0.0137. The quantitative estimate of drug-likeness (QED) is 0.497. The van der Waals surface area contributed by atoms with Gasteiger partial charge in [0.15, 0.2) is 6.61 Å². The lowest BCUT2D eigenvalue weighted by molar-refractivity contribution is -0.157. The SMILES string of the molecule is O=C(OCC(=O)N1N=C(c2ccco2)CC1c1ccco1)C1CCN(C(=O)c2cccs2)CC1. The van der Waals surface area contributed by atoms with E-state index in [2.05, 4.69) is 5.10 Å². The third-order valence-corrected chi connectivity index (χ3v) is 6.89. The highest BCUT2D eigenvalue weighted by Gasteiger charge is 2.37. The molecular weight excluding hydrogens is 458 g/mol. The van der Waals surface area contributed by atoms with Crippen LogP contribution < -0.4 is 0 Å². The molecule has 0 spiro atoms. The number of furan rings is 2. The van der Waals surface area contributed by atoms with Crippen LogP contribution in [0.3, 0.4) is 0 Å². The summed E-state index contributed by atoms with van der Waals surface area (Å²) in [5, 5.41) is 7.59. The average molecular weight is 482 g/mol. The smallest absolute Gasteiger partial charge is 0.309 e. The van der Waals surface area contributed by atoms with E-state index in [0.29, 0.717) is 54.5 Å². The zero-order chi connectivity index (χ0) is 23.5. The molecular formula is C24H23N3O6S. The minimum atomic E-state index is -0.443. The van der Waals surface area contributed by atoms with E-state index in [-0.39, 0.29) is 11.8 Å². The van der Waals surface area contributed by atoms with Crippen LogP contribution in [-0.2, 0) is 14.3 Å². The highest BCUT2D eigenvalue weighted by molar-refractivity contribution is 7.12. The van der Waals surface area contributed by atoms with Gasteiger partial charge in [-0.15, -0.1) is 11.3 Å². The van der Waals surface area contributed by atoms with E-state index in [9.17, 15) is 14.4 Å². The normalized spacial score (nSPS) is 18.7. The maximum Gasteiger partial charge on any atom is 0.309 e. The Morgan fingerprint density at radius 2 is 1.85 bits per heavy atom. The predicted molar refractivity (Wildman–Crippen MR) is 122 cm³/mol. The third-order valence-electron chi connectivity index (χ3n) is 6.03. The first-order valence-electron chi connectivity index (χ1n) is 11.1. The van der Waals surface area contributed by atoms with Gasteiger partial charge in [-0.25, -0.2) is 5.01 Å². The molecule has 10 heteroatoms. The number of thiophene rings is 1. The maximum atomic E-state index is 12.9. The summed E-state index contributed by atoms with van der Waals surface area (Å²) in [7, 11) is 0. The van der Waals surface area contributed by atoms with Gasteiger partial charge in [-0.1, -0.05) is 6.07 Å². The van der Waals surface area contributed by atoms with Gasteiger partial charge in [0.2, 0.25) is 0 Å². The fraction of sp³-hybridized carbons (Fsp3) is 0.333. The van der Waals surface area contributed by atoms with Gasteiger partial charge < -0.3 is 18.5 Å². The average Bonchev–Trinajstić information content (AvgIpc) is 3.67. The molecule has 2 aliphatic heterocycles. The third kappa shape index (κ3) is 4.54. The van der Waals surface area contributed by atoms with Crippen molar-refractivity contribution in [2.45, 2.75) is 25.3 Å². The number of likely N-dealkylation sites (tertiary alicyclic amines) is 1. The monoisotopic (exact) mass is 481 g/mol. The van der Waals surface area contributed by atoms with Crippen LogP contribution in [0.5, 0.6) is 0 Å². The molecule has 0 bridgehead atoms. The van der Waals surface area contributed by atoms with Crippen molar-refractivity contribution in [3.8, 4) is 0 Å². The number of esters is 1. The number of ether oxygens (including phenoxy) is 1. The molecule has 3 aromatic rings. The molecule has 2 amide bonds. The van der Waals surface area contributed by atoms with Crippen molar-refractivity contribution < 1.29 is 28.0 Å². The van der Waals surface area contributed by atoms with Gasteiger partial charge >= 0.3 is 5.97 Å².